The van der Waals surface area contributed by atoms with Crippen molar-refractivity contribution in [3.63, 3.8) is 0 Å². The quantitative estimate of drug-likeness (QED) is 0.138. The van der Waals surface area contributed by atoms with Crippen LogP contribution in [0, 0.1) is 5.92 Å². The molecular formula is C31H39N4O10P. The molecule has 0 bridgehead atoms. The predicted octanol–water partition coefficient (Wildman–Crippen LogP) is 4.25. The Morgan fingerprint density at radius 3 is 2.43 bits per heavy atom. The van der Waals surface area contributed by atoms with Crippen LogP contribution in [0.1, 0.15) is 61.8 Å². The van der Waals surface area contributed by atoms with Crippen molar-refractivity contribution in [1.82, 2.24) is 14.6 Å². The number of aromatic nitrogens is 2. The van der Waals surface area contributed by atoms with Crippen LogP contribution in [-0.4, -0.2) is 57.9 Å². The normalized spacial score (nSPS) is 18.1. The van der Waals surface area contributed by atoms with Crippen molar-refractivity contribution in [3.8, 4) is 11.6 Å². The zero-order chi connectivity index (χ0) is 33.1. The van der Waals surface area contributed by atoms with Crippen molar-refractivity contribution in [2.75, 3.05) is 13.2 Å². The Bertz CT molecular complexity index is 1500. The van der Waals surface area contributed by atoms with Gasteiger partial charge in [-0.2, -0.15) is 5.09 Å². The van der Waals surface area contributed by atoms with Crippen molar-refractivity contribution in [3.05, 3.63) is 78.2 Å². The number of imidazole rings is 1. The lowest BCUT2D eigenvalue weighted by molar-refractivity contribution is -0.153. The van der Waals surface area contributed by atoms with Gasteiger partial charge in [0.15, 0.2) is 5.69 Å². The third-order valence-corrected chi connectivity index (χ3v) is 8.52. The van der Waals surface area contributed by atoms with Gasteiger partial charge in [0, 0.05) is 0 Å². The Balaban J connectivity index is 1.47. The van der Waals surface area contributed by atoms with Crippen molar-refractivity contribution in [2.24, 2.45) is 11.7 Å². The Hall–Kier alpha value is -4.23. The number of nitrogens with one attached hydrogen (secondary N) is 1. The van der Waals surface area contributed by atoms with Gasteiger partial charge in [-0.05, 0) is 42.9 Å². The van der Waals surface area contributed by atoms with E-state index < -0.39 is 56.3 Å². The van der Waals surface area contributed by atoms with Crippen LogP contribution in [0.3, 0.4) is 0 Å². The molecule has 0 aliphatic carbocycles. The van der Waals surface area contributed by atoms with Crippen LogP contribution in [0.25, 0.3) is 0 Å². The highest BCUT2D eigenvalue weighted by Gasteiger charge is 2.38. The number of rotatable bonds is 17. The molecule has 2 aromatic carbocycles. The molecule has 248 valence electrons. The number of amides is 1. The molecule has 14 nitrogen and oxygen atoms in total. The van der Waals surface area contributed by atoms with Gasteiger partial charge in [0.25, 0.3) is 5.91 Å². The molecule has 1 fully saturated rings. The van der Waals surface area contributed by atoms with Crippen LogP contribution in [0.15, 0.2) is 67.0 Å². The summed E-state index contributed by atoms with van der Waals surface area (Å²) in [6.07, 6.45) is 0.825. The fraction of sp³-hybridized carbons (Fsp3) is 0.419. The first-order valence-electron chi connectivity index (χ1n) is 14.9. The molecule has 0 spiro atoms. The second-order valence-electron chi connectivity index (χ2n) is 11.1. The SMILES string of the molecule is CC(C)CCOC(=O)[C@H](CC(=O)OCc1ccccc1)NP(=O)(OC[C@@H]1CC[C@H](n2cnc(C(N)=O)c2O)O1)Oc1ccccc1. The summed E-state index contributed by atoms with van der Waals surface area (Å²) in [5.41, 5.74) is 5.70. The van der Waals surface area contributed by atoms with E-state index >= 15 is 0 Å². The number of primary amides is 1. The van der Waals surface area contributed by atoms with Crippen molar-refractivity contribution >= 4 is 25.6 Å². The zero-order valence-corrected chi connectivity index (χ0v) is 26.5. The molecule has 46 heavy (non-hydrogen) atoms. The Kier molecular flexibility index (Phi) is 12.3. The minimum atomic E-state index is -4.37. The van der Waals surface area contributed by atoms with E-state index in [2.05, 4.69) is 10.1 Å². The summed E-state index contributed by atoms with van der Waals surface area (Å²) in [5, 5.41) is 12.9. The fourth-order valence-corrected chi connectivity index (χ4v) is 6.00. The van der Waals surface area contributed by atoms with Gasteiger partial charge in [0.2, 0.25) is 5.88 Å². The number of benzene rings is 2. The lowest BCUT2D eigenvalue weighted by atomic mass is 10.1. The second kappa shape index (κ2) is 16.4. The van der Waals surface area contributed by atoms with Crippen LogP contribution < -0.4 is 15.3 Å². The Morgan fingerprint density at radius 1 is 1.09 bits per heavy atom. The molecule has 1 aromatic heterocycles. The number of carbonyl (C=O) groups excluding carboxylic acids is 3. The largest absolute Gasteiger partial charge is 0.493 e. The molecule has 4 N–H and O–H groups in total. The molecular weight excluding hydrogens is 619 g/mol. The van der Waals surface area contributed by atoms with E-state index in [1.165, 1.54) is 10.9 Å². The summed E-state index contributed by atoms with van der Waals surface area (Å²) in [6.45, 7) is 3.77. The number of para-hydroxylation sites is 1. The van der Waals surface area contributed by atoms with Gasteiger partial charge in [-0.3, -0.25) is 23.5 Å². The molecule has 2 heterocycles. The highest BCUT2D eigenvalue weighted by molar-refractivity contribution is 7.52. The van der Waals surface area contributed by atoms with Crippen molar-refractivity contribution in [1.29, 1.82) is 0 Å². The minimum absolute atomic E-state index is 0.0168. The van der Waals surface area contributed by atoms with Gasteiger partial charge >= 0.3 is 19.7 Å². The van der Waals surface area contributed by atoms with E-state index in [-0.39, 0.29) is 37.2 Å². The molecule has 1 aliphatic rings. The number of hydrogen-bond acceptors (Lipinski definition) is 11. The predicted molar refractivity (Wildman–Crippen MR) is 164 cm³/mol. The second-order valence-corrected chi connectivity index (χ2v) is 12.8. The number of hydrogen-bond donors (Lipinski definition) is 3. The number of nitrogens with two attached hydrogens (primary N) is 1. The Morgan fingerprint density at radius 2 is 1.78 bits per heavy atom. The van der Waals surface area contributed by atoms with Crippen LogP contribution in [0.2, 0.25) is 0 Å². The lowest BCUT2D eigenvalue weighted by Crippen LogP contribution is -2.40. The van der Waals surface area contributed by atoms with Crippen molar-refractivity contribution < 1.29 is 47.3 Å². The van der Waals surface area contributed by atoms with Crippen LogP contribution in [0.5, 0.6) is 11.6 Å². The molecule has 3 aromatic rings. The third kappa shape index (κ3) is 10.1. The summed E-state index contributed by atoms with van der Waals surface area (Å²) >= 11 is 0. The van der Waals surface area contributed by atoms with Crippen LogP contribution in [-0.2, 0) is 39.5 Å². The van der Waals surface area contributed by atoms with Crippen LogP contribution in [0.4, 0.5) is 0 Å². The summed E-state index contributed by atoms with van der Waals surface area (Å²) in [7, 11) is -4.37. The Labute approximate surface area is 266 Å². The molecule has 1 amide bonds. The maximum absolute atomic E-state index is 14.2. The average Bonchev–Trinajstić information content (AvgIpc) is 3.66. The van der Waals surface area contributed by atoms with Gasteiger partial charge in [0.05, 0.1) is 25.7 Å². The van der Waals surface area contributed by atoms with Gasteiger partial charge in [0.1, 0.15) is 31.0 Å². The lowest BCUT2D eigenvalue weighted by Gasteiger charge is -2.25. The first-order chi connectivity index (χ1) is 22.0. The smallest absolute Gasteiger partial charge is 0.459 e. The molecule has 4 atom stereocenters. The first-order valence-corrected chi connectivity index (χ1v) is 16.4. The highest BCUT2D eigenvalue weighted by atomic mass is 31.2. The van der Waals surface area contributed by atoms with E-state index in [0.29, 0.717) is 19.3 Å². The maximum Gasteiger partial charge on any atom is 0.459 e. The number of carbonyl (C=O) groups is 3. The number of ether oxygens (including phenoxy) is 3. The summed E-state index contributed by atoms with van der Waals surface area (Å²) in [4.78, 5) is 41.3. The maximum atomic E-state index is 14.2. The molecule has 0 radical (unpaired) electrons. The average molecular weight is 659 g/mol. The van der Waals surface area contributed by atoms with Gasteiger partial charge in [-0.1, -0.05) is 62.4 Å². The molecule has 4 rings (SSSR count). The van der Waals surface area contributed by atoms with Gasteiger partial charge < -0.3 is 29.6 Å². The molecule has 15 heteroatoms. The molecule has 1 unspecified atom stereocenters. The van der Waals surface area contributed by atoms with E-state index in [0.717, 1.165) is 5.56 Å². The first kappa shape index (κ1) is 34.6. The minimum Gasteiger partial charge on any atom is -0.493 e. The van der Waals surface area contributed by atoms with E-state index in [1.807, 2.05) is 19.9 Å². The zero-order valence-electron chi connectivity index (χ0n) is 25.7. The number of nitrogens with zero attached hydrogens (tertiary/aromatic N) is 2. The van der Waals surface area contributed by atoms with E-state index in [1.54, 1.807) is 54.6 Å². The van der Waals surface area contributed by atoms with Gasteiger partial charge in [-0.25, -0.2) is 9.55 Å². The van der Waals surface area contributed by atoms with E-state index in [4.69, 9.17) is 29.0 Å². The van der Waals surface area contributed by atoms with Crippen LogP contribution >= 0.6 is 7.75 Å². The summed E-state index contributed by atoms with van der Waals surface area (Å²) < 4.78 is 43.7. The summed E-state index contributed by atoms with van der Waals surface area (Å²) in [5.74, 6) is -2.43. The summed E-state index contributed by atoms with van der Waals surface area (Å²) in [6, 6.07) is 15.8. The number of esters is 2. The van der Waals surface area contributed by atoms with Crippen molar-refractivity contribution in [2.45, 2.75) is 64.5 Å². The molecule has 0 saturated carbocycles. The standard InChI is InChI=1S/C31H39N4O10P/c1-21(2)15-16-41-31(39)25(17-27(36)42-18-22-9-5-3-6-10-22)34-46(40,45-23-11-7-4-8-12-23)43-19-24-13-14-26(44-24)35-20-33-28(29(32)37)30(35)38/h3-12,20-21,24-26,38H,13-19H2,1-2H3,(H2,32,37)(H,34,40)/t24-,25-,26+,46?/m0/s1. The number of aromatic hydroxyl groups is 1. The monoisotopic (exact) mass is 658 g/mol. The topological polar surface area (TPSA) is 191 Å². The molecule has 1 saturated heterocycles. The van der Waals surface area contributed by atoms with Gasteiger partial charge in [-0.15, -0.1) is 0 Å². The fourth-order valence-electron chi connectivity index (χ4n) is 4.48. The van der Waals surface area contributed by atoms with E-state index in [9.17, 15) is 24.1 Å². The third-order valence-electron chi connectivity index (χ3n) is 6.95. The highest BCUT2D eigenvalue weighted by Crippen LogP contribution is 2.46. The molecule has 1 aliphatic heterocycles.